The average Bonchev–Trinajstić information content (AvgIpc) is 2.70. The minimum Gasteiger partial charge on any atom is -0.463 e. The summed E-state index contributed by atoms with van der Waals surface area (Å²) in [6.45, 7) is 0. The van der Waals surface area contributed by atoms with Crippen molar-refractivity contribution in [3.8, 4) is 11.5 Å². The first kappa shape index (κ1) is 17.6. The Morgan fingerprint density at radius 3 is 2.32 bits per heavy atom. The third kappa shape index (κ3) is 3.16. The molecule has 3 aromatic carbocycles. The number of benzene rings is 3. The molecular formula is C22H12F2O4. The zero-order chi connectivity index (χ0) is 19.7. The molecule has 0 amide bonds. The molecule has 0 bridgehead atoms. The molecule has 0 N–H and O–H groups in total. The van der Waals surface area contributed by atoms with Crippen LogP contribution in [0, 0.1) is 11.6 Å². The van der Waals surface area contributed by atoms with Gasteiger partial charge >= 0.3 is 0 Å². The number of ether oxygens (including phenoxy) is 1. The zero-order valence-corrected chi connectivity index (χ0v) is 14.3. The topological polar surface area (TPSA) is 56.5 Å². The molecule has 4 rings (SSSR count). The molecule has 28 heavy (non-hydrogen) atoms. The Hall–Kier alpha value is -3.80. The molecule has 0 spiro atoms. The fraction of sp³-hybridized carbons (Fsp3) is 0. The Morgan fingerprint density at radius 1 is 0.857 bits per heavy atom. The van der Waals surface area contributed by atoms with Gasteiger partial charge < -0.3 is 9.15 Å². The van der Waals surface area contributed by atoms with Crippen molar-refractivity contribution in [2.45, 2.75) is 0 Å². The molecule has 0 radical (unpaired) electrons. The van der Waals surface area contributed by atoms with Gasteiger partial charge in [0, 0.05) is 6.07 Å². The second-order valence-corrected chi connectivity index (χ2v) is 5.98. The summed E-state index contributed by atoms with van der Waals surface area (Å²) >= 11 is 0. The van der Waals surface area contributed by atoms with Crippen molar-refractivity contribution >= 4 is 16.8 Å². The van der Waals surface area contributed by atoms with Crippen molar-refractivity contribution in [2.75, 3.05) is 0 Å². The molecular weight excluding hydrogens is 366 g/mol. The largest absolute Gasteiger partial charge is 0.463 e. The number of hydrogen-bond donors (Lipinski definition) is 0. The van der Waals surface area contributed by atoms with Crippen LogP contribution in [0.5, 0.6) is 11.5 Å². The van der Waals surface area contributed by atoms with Gasteiger partial charge in [0.2, 0.25) is 11.2 Å². The monoisotopic (exact) mass is 378 g/mol. The first-order valence-electron chi connectivity index (χ1n) is 8.32. The molecule has 0 aliphatic rings. The predicted octanol–water partition coefficient (Wildman–Crippen LogP) is 5.09. The number of hydrogen-bond acceptors (Lipinski definition) is 4. The highest BCUT2D eigenvalue weighted by atomic mass is 19.1. The van der Waals surface area contributed by atoms with Gasteiger partial charge in [-0.1, -0.05) is 30.3 Å². The summed E-state index contributed by atoms with van der Waals surface area (Å²) in [5.74, 6) is -2.10. The number of carbonyl (C=O) groups excluding carboxylic acids is 1. The summed E-state index contributed by atoms with van der Waals surface area (Å²) in [6, 6.07) is 16.0. The maximum Gasteiger partial charge on any atom is 0.203 e. The first-order chi connectivity index (χ1) is 13.5. The fourth-order valence-corrected chi connectivity index (χ4v) is 2.77. The normalized spacial score (nSPS) is 10.8. The van der Waals surface area contributed by atoms with E-state index in [0.29, 0.717) is 5.75 Å². The van der Waals surface area contributed by atoms with Crippen molar-refractivity contribution < 1.29 is 22.7 Å². The summed E-state index contributed by atoms with van der Waals surface area (Å²) in [4.78, 5) is 25.2. The van der Waals surface area contributed by atoms with Gasteiger partial charge in [0.1, 0.15) is 29.0 Å². The molecule has 0 saturated heterocycles. The molecule has 0 saturated carbocycles. The van der Waals surface area contributed by atoms with Crippen molar-refractivity contribution in [1.29, 1.82) is 0 Å². The van der Waals surface area contributed by atoms with Crippen LogP contribution in [0.25, 0.3) is 11.0 Å². The second kappa shape index (κ2) is 7.08. The van der Waals surface area contributed by atoms with Crippen LogP contribution in [-0.2, 0) is 0 Å². The minimum atomic E-state index is -0.834. The van der Waals surface area contributed by atoms with Gasteiger partial charge in [-0.15, -0.1) is 0 Å². The summed E-state index contributed by atoms with van der Waals surface area (Å²) in [6.07, 6.45) is 0.948. The summed E-state index contributed by atoms with van der Waals surface area (Å²) < 4.78 is 39.1. The molecule has 1 heterocycles. The zero-order valence-electron chi connectivity index (χ0n) is 14.3. The summed E-state index contributed by atoms with van der Waals surface area (Å²) in [5, 5.41) is -0.139. The summed E-state index contributed by atoms with van der Waals surface area (Å²) in [5.41, 5.74) is -1.35. The molecule has 6 heteroatoms. The van der Waals surface area contributed by atoms with Gasteiger partial charge in [0.25, 0.3) is 0 Å². The lowest BCUT2D eigenvalue weighted by Crippen LogP contribution is -2.17. The SMILES string of the molecule is O=C(c1ccccc1F)c1coc2cc(Oc3ccccc3)c(F)cc2c1=O. The van der Waals surface area contributed by atoms with Crippen LogP contribution in [0.15, 0.2) is 82.2 Å². The van der Waals surface area contributed by atoms with Crippen molar-refractivity contribution in [1.82, 2.24) is 0 Å². The van der Waals surface area contributed by atoms with Crippen LogP contribution < -0.4 is 10.2 Å². The van der Waals surface area contributed by atoms with E-state index >= 15 is 0 Å². The van der Waals surface area contributed by atoms with Gasteiger partial charge in [0.05, 0.1) is 10.9 Å². The van der Waals surface area contributed by atoms with E-state index in [9.17, 15) is 18.4 Å². The lowest BCUT2D eigenvalue weighted by atomic mass is 10.0. The Morgan fingerprint density at radius 2 is 1.57 bits per heavy atom. The standard InChI is InChI=1S/C22H12F2O4/c23-17-9-5-4-8-14(17)21(25)16-12-27-19-11-20(18(24)10-15(19)22(16)26)28-13-6-2-1-3-7-13/h1-12H. The molecule has 4 aromatic rings. The van der Waals surface area contributed by atoms with Crippen LogP contribution >= 0.6 is 0 Å². The van der Waals surface area contributed by atoms with Crippen LogP contribution in [0.4, 0.5) is 8.78 Å². The van der Waals surface area contributed by atoms with E-state index in [1.165, 1.54) is 24.3 Å². The minimum absolute atomic E-state index is 0.0439. The summed E-state index contributed by atoms with van der Waals surface area (Å²) in [7, 11) is 0. The van der Waals surface area contributed by atoms with Crippen LogP contribution in [0.3, 0.4) is 0 Å². The number of para-hydroxylation sites is 1. The van der Waals surface area contributed by atoms with Crippen LogP contribution in [0.1, 0.15) is 15.9 Å². The van der Waals surface area contributed by atoms with Crippen LogP contribution in [0.2, 0.25) is 0 Å². The molecule has 4 nitrogen and oxygen atoms in total. The quantitative estimate of drug-likeness (QED) is 0.464. The average molecular weight is 378 g/mol. The van der Waals surface area contributed by atoms with E-state index in [4.69, 9.17) is 9.15 Å². The van der Waals surface area contributed by atoms with Gasteiger partial charge in [-0.2, -0.15) is 0 Å². The number of ketones is 1. The molecule has 0 aliphatic heterocycles. The van der Waals surface area contributed by atoms with Gasteiger partial charge in [-0.05, 0) is 30.3 Å². The Labute approximate surface area is 157 Å². The number of rotatable bonds is 4. The van der Waals surface area contributed by atoms with Gasteiger partial charge in [0.15, 0.2) is 11.6 Å². The highest BCUT2D eigenvalue weighted by Gasteiger charge is 2.20. The van der Waals surface area contributed by atoms with E-state index in [1.807, 2.05) is 0 Å². The lowest BCUT2D eigenvalue weighted by molar-refractivity contribution is 0.103. The highest BCUT2D eigenvalue weighted by Crippen LogP contribution is 2.28. The fourth-order valence-electron chi connectivity index (χ4n) is 2.77. The lowest BCUT2D eigenvalue weighted by Gasteiger charge is -2.08. The smallest absolute Gasteiger partial charge is 0.203 e. The Bertz CT molecular complexity index is 1250. The molecule has 138 valence electrons. The maximum absolute atomic E-state index is 14.5. The third-order valence-corrected chi connectivity index (χ3v) is 4.16. The number of fused-ring (bicyclic) bond motifs is 1. The van der Waals surface area contributed by atoms with Crippen LogP contribution in [-0.4, -0.2) is 5.78 Å². The highest BCUT2D eigenvalue weighted by molar-refractivity contribution is 6.10. The number of halogens is 2. The molecule has 1 aromatic heterocycles. The van der Waals surface area contributed by atoms with Crippen molar-refractivity contribution in [3.05, 3.63) is 106 Å². The van der Waals surface area contributed by atoms with Gasteiger partial charge in [-0.25, -0.2) is 8.78 Å². The third-order valence-electron chi connectivity index (χ3n) is 4.16. The van der Waals surface area contributed by atoms with E-state index in [1.54, 1.807) is 30.3 Å². The predicted molar refractivity (Wildman–Crippen MR) is 98.8 cm³/mol. The molecule has 0 atom stereocenters. The van der Waals surface area contributed by atoms with E-state index < -0.39 is 22.8 Å². The van der Waals surface area contributed by atoms with E-state index in [-0.39, 0.29) is 27.8 Å². The second-order valence-electron chi connectivity index (χ2n) is 5.98. The van der Waals surface area contributed by atoms with E-state index in [2.05, 4.69) is 0 Å². The number of carbonyl (C=O) groups is 1. The molecule has 0 aliphatic carbocycles. The Kier molecular flexibility index (Phi) is 4.45. The maximum atomic E-state index is 14.5. The van der Waals surface area contributed by atoms with Crippen molar-refractivity contribution in [3.63, 3.8) is 0 Å². The van der Waals surface area contributed by atoms with Gasteiger partial charge in [-0.3, -0.25) is 9.59 Å². The Balaban J connectivity index is 1.78. The molecule has 0 unspecified atom stereocenters. The first-order valence-corrected chi connectivity index (χ1v) is 8.32. The molecule has 0 fully saturated rings. The van der Waals surface area contributed by atoms with Crippen molar-refractivity contribution in [2.24, 2.45) is 0 Å². The van der Waals surface area contributed by atoms with E-state index in [0.717, 1.165) is 18.4 Å².